The molecule has 0 spiro atoms. The Kier molecular flexibility index (Phi) is 5.11. The number of H-pyrrole nitrogens is 1. The smallest absolute Gasteiger partial charge is 0.261 e. The summed E-state index contributed by atoms with van der Waals surface area (Å²) in [6.07, 6.45) is 3.18. The molecule has 0 aliphatic carbocycles. The Morgan fingerprint density at radius 3 is 2.90 bits per heavy atom. The van der Waals surface area contributed by atoms with E-state index in [0.29, 0.717) is 30.4 Å². The largest absolute Gasteiger partial charge is 0.484 e. The topological polar surface area (TPSA) is 100 Å². The number of rotatable bonds is 5. The quantitative estimate of drug-likeness (QED) is 0.664. The number of nitrogens with zero attached hydrogens (tertiary/aromatic N) is 3. The number of nitrogens with one attached hydrogen (secondary N) is 2. The number of para-hydroxylation sites is 1. The predicted octanol–water partition coefficient (Wildman–Crippen LogP) is 3.10. The molecule has 3 heterocycles. The van der Waals surface area contributed by atoms with Crippen molar-refractivity contribution < 1.29 is 14.3 Å². The van der Waals surface area contributed by atoms with Crippen LogP contribution in [0.5, 0.6) is 5.75 Å². The monoisotopic (exact) mass is 417 g/mol. The van der Waals surface area contributed by atoms with Crippen LogP contribution in [0, 0.1) is 0 Å². The molecule has 1 unspecified atom stereocenters. The molecule has 2 N–H and O–H groups in total. The Balaban J connectivity index is 1.32. The number of aromatic nitrogens is 3. The highest BCUT2D eigenvalue weighted by atomic mass is 16.5. The van der Waals surface area contributed by atoms with Crippen LogP contribution in [0.3, 0.4) is 0 Å². The van der Waals surface area contributed by atoms with Crippen molar-refractivity contribution in [2.24, 2.45) is 0 Å². The Bertz CT molecular complexity index is 1110. The van der Waals surface area contributed by atoms with Gasteiger partial charge in [-0.2, -0.15) is 5.10 Å². The Hall–Kier alpha value is -3.68. The van der Waals surface area contributed by atoms with Crippen LogP contribution in [0.25, 0.3) is 11.4 Å². The molecule has 31 heavy (non-hydrogen) atoms. The Morgan fingerprint density at radius 2 is 2.03 bits per heavy atom. The molecule has 8 nitrogen and oxygen atoms in total. The van der Waals surface area contributed by atoms with E-state index in [1.807, 2.05) is 53.4 Å². The second-order valence-corrected chi connectivity index (χ2v) is 7.84. The number of hydrogen-bond donors (Lipinski definition) is 2. The first-order chi connectivity index (χ1) is 15.2. The van der Waals surface area contributed by atoms with E-state index in [9.17, 15) is 9.59 Å². The zero-order valence-corrected chi connectivity index (χ0v) is 17.0. The number of carbonyl (C=O) groups is 2. The average Bonchev–Trinajstić information content (AvgIpc) is 3.43. The summed E-state index contributed by atoms with van der Waals surface area (Å²) in [6.45, 7) is 0.664. The fraction of sp³-hybridized carbons (Fsp3) is 0.304. The zero-order valence-electron chi connectivity index (χ0n) is 17.0. The first kappa shape index (κ1) is 19.3. The number of piperidine rings is 1. The molecule has 0 bridgehead atoms. The minimum atomic E-state index is -0.153. The lowest BCUT2D eigenvalue weighted by Gasteiger charge is -2.34. The number of benzene rings is 2. The lowest BCUT2D eigenvalue weighted by molar-refractivity contribution is -0.137. The van der Waals surface area contributed by atoms with Gasteiger partial charge in [0.05, 0.1) is 12.5 Å². The van der Waals surface area contributed by atoms with Crippen LogP contribution in [0.2, 0.25) is 0 Å². The van der Waals surface area contributed by atoms with Crippen molar-refractivity contribution in [2.45, 2.75) is 31.7 Å². The Morgan fingerprint density at radius 1 is 1.16 bits per heavy atom. The third-order valence-corrected chi connectivity index (χ3v) is 5.74. The minimum absolute atomic E-state index is 0.00286. The maximum atomic E-state index is 12.9. The number of fused-ring (bicyclic) bond motifs is 1. The number of likely N-dealkylation sites (tertiary alicyclic amines) is 1. The van der Waals surface area contributed by atoms with Crippen LogP contribution in [-0.4, -0.2) is 45.0 Å². The molecule has 0 radical (unpaired) electrons. The summed E-state index contributed by atoms with van der Waals surface area (Å²) >= 11 is 0. The maximum absolute atomic E-state index is 12.9. The van der Waals surface area contributed by atoms with Gasteiger partial charge in [0.15, 0.2) is 12.4 Å². The SMILES string of the molecule is O=C1Cc2cc(-c3n[nH]c(C4CCCCN4C(=O)COc4ccccc4)n3)ccc2N1. The van der Waals surface area contributed by atoms with Crippen molar-refractivity contribution in [3.63, 3.8) is 0 Å². The molecular formula is C23H23N5O3. The summed E-state index contributed by atoms with van der Waals surface area (Å²) in [4.78, 5) is 31.0. The van der Waals surface area contributed by atoms with Gasteiger partial charge >= 0.3 is 0 Å². The first-order valence-electron chi connectivity index (χ1n) is 10.5. The van der Waals surface area contributed by atoms with Crippen molar-refractivity contribution in [1.82, 2.24) is 20.1 Å². The molecule has 2 aromatic carbocycles. The van der Waals surface area contributed by atoms with E-state index >= 15 is 0 Å². The highest BCUT2D eigenvalue weighted by Gasteiger charge is 2.31. The van der Waals surface area contributed by atoms with Crippen LogP contribution < -0.4 is 10.1 Å². The average molecular weight is 417 g/mol. The van der Waals surface area contributed by atoms with Gasteiger partial charge < -0.3 is 15.0 Å². The third kappa shape index (κ3) is 4.01. The molecule has 1 saturated heterocycles. The Labute approximate surface area is 179 Å². The summed E-state index contributed by atoms with van der Waals surface area (Å²) in [5, 5.41) is 10.2. The van der Waals surface area contributed by atoms with Crippen molar-refractivity contribution in [2.75, 3.05) is 18.5 Å². The molecule has 3 aromatic rings. The number of anilines is 1. The fourth-order valence-electron chi connectivity index (χ4n) is 4.18. The van der Waals surface area contributed by atoms with E-state index in [0.717, 1.165) is 36.1 Å². The number of ether oxygens (including phenoxy) is 1. The van der Waals surface area contributed by atoms with Crippen molar-refractivity contribution in [3.8, 4) is 17.1 Å². The summed E-state index contributed by atoms with van der Waals surface area (Å²) in [5.74, 6) is 1.86. The van der Waals surface area contributed by atoms with E-state index in [1.165, 1.54) is 0 Å². The molecule has 2 amide bonds. The van der Waals surface area contributed by atoms with E-state index in [4.69, 9.17) is 9.72 Å². The van der Waals surface area contributed by atoms with Gasteiger partial charge in [-0.15, -0.1) is 0 Å². The van der Waals surface area contributed by atoms with Crippen molar-refractivity contribution >= 4 is 17.5 Å². The molecule has 2 aliphatic heterocycles. The molecule has 0 saturated carbocycles. The van der Waals surface area contributed by atoms with E-state index in [-0.39, 0.29) is 24.5 Å². The molecule has 1 aromatic heterocycles. The standard InChI is InChI=1S/C23H23N5O3/c29-20-13-16-12-15(9-10-18(16)24-20)22-25-23(27-26-22)19-8-4-5-11-28(19)21(30)14-31-17-6-2-1-3-7-17/h1-3,6-7,9-10,12,19H,4-5,8,11,13-14H2,(H,24,29)(H,25,26,27). The summed E-state index contributed by atoms with van der Waals surface area (Å²) < 4.78 is 5.66. The fourth-order valence-corrected chi connectivity index (χ4v) is 4.18. The van der Waals surface area contributed by atoms with Crippen molar-refractivity contribution in [1.29, 1.82) is 0 Å². The van der Waals surface area contributed by atoms with E-state index in [1.54, 1.807) is 0 Å². The second kappa shape index (κ2) is 8.22. The molecule has 1 fully saturated rings. The maximum Gasteiger partial charge on any atom is 0.261 e. The van der Waals surface area contributed by atoms with Gasteiger partial charge in [-0.05, 0) is 55.2 Å². The van der Waals surface area contributed by atoms with Gasteiger partial charge in [-0.25, -0.2) is 4.98 Å². The van der Waals surface area contributed by atoms with Gasteiger partial charge in [0.25, 0.3) is 5.91 Å². The number of aromatic amines is 1. The number of carbonyl (C=O) groups excluding carboxylic acids is 2. The first-order valence-corrected chi connectivity index (χ1v) is 10.5. The van der Waals surface area contributed by atoms with Crippen LogP contribution in [0.4, 0.5) is 5.69 Å². The van der Waals surface area contributed by atoms with Gasteiger partial charge in [0.1, 0.15) is 11.6 Å². The van der Waals surface area contributed by atoms with Crippen LogP contribution in [0.15, 0.2) is 48.5 Å². The van der Waals surface area contributed by atoms with Crippen LogP contribution in [0.1, 0.15) is 36.7 Å². The summed E-state index contributed by atoms with van der Waals surface area (Å²) in [6, 6.07) is 14.9. The van der Waals surface area contributed by atoms with E-state index < -0.39 is 0 Å². The number of amides is 2. The van der Waals surface area contributed by atoms with Crippen LogP contribution in [-0.2, 0) is 16.0 Å². The van der Waals surface area contributed by atoms with Gasteiger partial charge in [-0.1, -0.05) is 18.2 Å². The number of hydrogen-bond acceptors (Lipinski definition) is 5. The molecule has 2 aliphatic rings. The van der Waals surface area contributed by atoms with Gasteiger partial charge in [0, 0.05) is 17.8 Å². The third-order valence-electron chi connectivity index (χ3n) is 5.74. The predicted molar refractivity (Wildman–Crippen MR) is 114 cm³/mol. The molecule has 1 atom stereocenters. The van der Waals surface area contributed by atoms with Crippen LogP contribution >= 0.6 is 0 Å². The molecule has 5 rings (SSSR count). The van der Waals surface area contributed by atoms with Gasteiger partial charge in [0.2, 0.25) is 5.91 Å². The summed E-state index contributed by atoms with van der Waals surface area (Å²) in [5.41, 5.74) is 2.63. The molecule has 158 valence electrons. The lowest BCUT2D eigenvalue weighted by Crippen LogP contribution is -2.41. The normalized spacial score (nSPS) is 17.9. The highest BCUT2D eigenvalue weighted by molar-refractivity contribution is 5.99. The molecular weight excluding hydrogens is 394 g/mol. The molecule has 8 heteroatoms. The minimum Gasteiger partial charge on any atom is -0.484 e. The lowest BCUT2D eigenvalue weighted by atomic mass is 10.0. The summed E-state index contributed by atoms with van der Waals surface area (Å²) in [7, 11) is 0. The highest BCUT2D eigenvalue weighted by Crippen LogP contribution is 2.31. The second-order valence-electron chi connectivity index (χ2n) is 7.84. The van der Waals surface area contributed by atoms with Gasteiger partial charge in [-0.3, -0.25) is 14.7 Å². The zero-order chi connectivity index (χ0) is 21.2. The van der Waals surface area contributed by atoms with E-state index in [2.05, 4.69) is 15.5 Å². The van der Waals surface area contributed by atoms with Crippen molar-refractivity contribution in [3.05, 3.63) is 59.9 Å².